The molecular weight excluding hydrogens is 311 g/mol. The Morgan fingerprint density at radius 2 is 1.92 bits per heavy atom. The molecule has 1 amide bonds. The number of nitrogens with one attached hydrogen (secondary N) is 2. The average Bonchev–Trinajstić information content (AvgIpc) is 2.90. The predicted octanol–water partition coefficient (Wildman–Crippen LogP) is 2.71. The van der Waals surface area contributed by atoms with Crippen LogP contribution in [0.1, 0.15) is 36.8 Å². The molecule has 3 aromatic rings. The van der Waals surface area contributed by atoms with Crippen LogP contribution in [-0.2, 0) is 5.41 Å². The molecule has 0 saturated heterocycles. The lowest BCUT2D eigenvalue weighted by atomic mass is 9.92. The largest absolute Gasteiger partial charge is 0.341 e. The number of halogens is 1. The minimum absolute atomic E-state index is 0.261. The summed E-state index contributed by atoms with van der Waals surface area (Å²) < 4.78 is 14.1. The Bertz CT molecular complexity index is 965. The number of anilines is 1. The number of aromatic amines is 1. The first kappa shape index (κ1) is 15.9. The molecule has 2 heterocycles. The zero-order chi connectivity index (χ0) is 17.5. The Labute approximate surface area is 137 Å². The lowest BCUT2D eigenvalue weighted by Gasteiger charge is -2.18. The third-order valence-corrected chi connectivity index (χ3v) is 3.66. The van der Waals surface area contributed by atoms with Crippen LogP contribution in [0.2, 0.25) is 0 Å². The number of hydrogen-bond acceptors (Lipinski definition) is 3. The van der Waals surface area contributed by atoms with Crippen LogP contribution in [0.5, 0.6) is 0 Å². The molecule has 124 valence electrons. The minimum Gasteiger partial charge on any atom is -0.341 e. The van der Waals surface area contributed by atoms with Crippen molar-refractivity contribution in [1.82, 2.24) is 14.6 Å². The summed E-state index contributed by atoms with van der Waals surface area (Å²) in [6, 6.07) is 6.69. The van der Waals surface area contributed by atoms with Crippen molar-refractivity contribution in [3.8, 4) is 0 Å². The first-order valence-corrected chi connectivity index (χ1v) is 7.44. The van der Waals surface area contributed by atoms with E-state index >= 15 is 0 Å². The van der Waals surface area contributed by atoms with Crippen molar-refractivity contribution in [2.75, 3.05) is 5.32 Å². The van der Waals surface area contributed by atoms with Crippen LogP contribution in [0, 0.1) is 5.82 Å². The molecule has 0 aliphatic heterocycles. The Hall–Kier alpha value is -2.96. The van der Waals surface area contributed by atoms with Gasteiger partial charge in [0.1, 0.15) is 11.5 Å². The van der Waals surface area contributed by atoms with Gasteiger partial charge in [0.15, 0.2) is 5.65 Å². The van der Waals surface area contributed by atoms with Gasteiger partial charge in [-0.05, 0) is 24.3 Å². The number of carbonyl (C=O) groups excluding carboxylic acids is 1. The van der Waals surface area contributed by atoms with E-state index in [9.17, 15) is 14.0 Å². The summed E-state index contributed by atoms with van der Waals surface area (Å²) >= 11 is 0. The SMILES string of the molecule is CC(C)(C)c1cc(=O)n2ncc(NC(=O)c3ccc(F)cc3)c2[nH]1. The lowest BCUT2D eigenvalue weighted by molar-refractivity contribution is 0.102. The topological polar surface area (TPSA) is 79.3 Å². The molecule has 0 atom stereocenters. The second kappa shape index (κ2) is 5.59. The van der Waals surface area contributed by atoms with E-state index < -0.39 is 11.7 Å². The third-order valence-electron chi connectivity index (χ3n) is 3.66. The molecule has 0 saturated carbocycles. The van der Waals surface area contributed by atoms with Gasteiger partial charge in [-0.25, -0.2) is 4.39 Å². The summed E-state index contributed by atoms with van der Waals surface area (Å²) in [7, 11) is 0. The van der Waals surface area contributed by atoms with Crippen molar-refractivity contribution < 1.29 is 9.18 Å². The normalized spacial score (nSPS) is 11.7. The van der Waals surface area contributed by atoms with Crippen LogP contribution in [0.4, 0.5) is 10.1 Å². The summed E-state index contributed by atoms with van der Waals surface area (Å²) in [4.78, 5) is 27.6. The minimum atomic E-state index is -0.415. The Balaban J connectivity index is 2.01. The van der Waals surface area contributed by atoms with Crippen LogP contribution in [0.25, 0.3) is 5.65 Å². The van der Waals surface area contributed by atoms with E-state index in [1.165, 1.54) is 41.0 Å². The van der Waals surface area contributed by atoms with E-state index in [4.69, 9.17) is 0 Å². The first-order valence-electron chi connectivity index (χ1n) is 7.44. The van der Waals surface area contributed by atoms with Gasteiger partial charge in [-0.1, -0.05) is 20.8 Å². The fourth-order valence-corrected chi connectivity index (χ4v) is 2.28. The number of amides is 1. The maximum atomic E-state index is 13.0. The van der Waals surface area contributed by atoms with E-state index in [0.717, 1.165) is 5.69 Å². The Morgan fingerprint density at radius 1 is 1.25 bits per heavy atom. The fraction of sp³-hybridized carbons (Fsp3) is 0.235. The van der Waals surface area contributed by atoms with Gasteiger partial charge in [0, 0.05) is 22.7 Å². The highest BCUT2D eigenvalue weighted by atomic mass is 19.1. The molecule has 2 N–H and O–H groups in total. The summed E-state index contributed by atoms with van der Waals surface area (Å²) in [6.45, 7) is 5.92. The van der Waals surface area contributed by atoms with Crippen molar-refractivity contribution in [3.63, 3.8) is 0 Å². The van der Waals surface area contributed by atoms with Crippen molar-refractivity contribution >= 4 is 17.2 Å². The molecule has 0 fully saturated rings. The molecule has 0 bridgehead atoms. The zero-order valence-corrected chi connectivity index (χ0v) is 13.6. The van der Waals surface area contributed by atoms with E-state index in [1.807, 2.05) is 20.8 Å². The van der Waals surface area contributed by atoms with Gasteiger partial charge in [-0.2, -0.15) is 9.61 Å². The molecule has 6 nitrogen and oxygen atoms in total. The standard InChI is InChI=1S/C17H17FN4O2/c1-17(2,3)13-8-14(23)22-15(21-13)12(9-19-22)20-16(24)10-4-6-11(18)7-5-10/h4-9,21H,1-3H3,(H,20,24). The van der Waals surface area contributed by atoms with E-state index in [1.54, 1.807) is 0 Å². The van der Waals surface area contributed by atoms with Crippen molar-refractivity contribution in [2.24, 2.45) is 0 Å². The second-order valence-corrected chi connectivity index (χ2v) is 6.55. The number of H-pyrrole nitrogens is 1. The maximum Gasteiger partial charge on any atom is 0.274 e. The Kier molecular flexibility index (Phi) is 3.71. The van der Waals surface area contributed by atoms with Crippen LogP contribution < -0.4 is 10.9 Å². The number of carbonyl (C=O) groups is 1. The molecule has 24 heavy (non-hydrogen) atoms. The number of fused-ring (bicyclic) bond motifs is 1. The lowest BCUT2D eigenvalue weighted by Crippen LogP contribution is -2.22. The number of hydrogen-bond donors (Lipinski definition) is 2. The highest BCUT2D eigenvalue weighted by Gasteiger charge is 2.19. The van der Waals surface area contributed by atoms with Crippen LogP contribution in [0.3, 0.4) is 0 Å². The smallest absolute Gasteiger partial charge is 0.274 e. The number of nitrogens with zero attached hydrogens (tertiary/aromatic N) is 2. The third kappa shape index (κ3) is 2.92. The van der Waals surface area contributed by atoms with Crippen LogP contribution >= 0.6 is 0 Å². The average molecular weight is 328 g/mol. The second-order valence-electron chi connectivity index (χ2n) is 6.55. The number of benzene rings is 1. The number of aromatic nitrogens is 3. The van der Waals surface area contributed by atoms with Gasteiger partial charge in [-0.3, -0.25) is 9.59 Å². The summed E-state index contributed by atoms with van der Waals surface area (Å²) in [6.07, 6.45) is 1.40. The fourth-order valence-electron chi connectivity index (χ4n) is 2.28. The summed E-state index contributed by atoms with van der Waals surface area (Å²) in [5.41, 5.74) is 1.29. The van der Waals surface area contributed by atoms with E-state index in [0.29, 0.717) is 16.9 Å². The summed E-state index contributed by atoms with van der Waals surface area (Å²) in [5, 5.41) is 6.69. The highest BCUT2D eigenvalue weighted by Crippen LogP contribution is 2.21. The van der Waals surface area contributed by atoms with Gasteiger partial charge >= 0.3 is 0 Å². The molecule has 0 radical (unpaired) electrons. The molecule has 3 rings (SSSR count). The monoisotopic (exact) mass is 328 g/mol. The van der Waals surface area contributed by atoms with Gasteiger partial charge in [-0.15, -0.1) is 0 Å². The van der Waals surface area contributed by atoms with E-state index in [-0.39, 0.29) is 11.0 Å². The molecular formula is C17H17FN4O2. The van der Waals surface area contributed by atoms with Gasteiger partial charge < -0.3 is 10.3 Å². The van der Waals surface area contributed by atoms with Gasteiger partial charge in [0.05, 0.1) is 6.20 Å². The Morgan fingerprint density at radius 3 is 2.54 bits per heavy atom. The highest BCUT2D eigenvalue weighted by molar-refractivity contribution is 6.05. The molecule has 2 aromatic heterocycles. The van der Waals surface area contributed by atoms with Crippen LogP contribution in [-0.4, -0.2) is 20.5 Å². The van der Waals surface area contributed by atoms with Crippen molar-refractivity contribution in [3.05, 3.63) is 64.0 Å². The van der Waals surface area contributed by atoms with Gasteiger partial charge in [0.2, 0.25) is 0 Å². The zero-order valence-electron chi connectivity index (χ0n) is 13.6. The first-order chi connectivity index (χ1) is 11.3. The molecule has 0 spiro atoms. The molecule has 7 heteroatoms. The van der Waals surface area contributed by atoms with E-state index in [2.05, 4.69) is 15.4 Å². The quantitative estimate of drug-likeness (QED) is 0.759. The van der Waals surface area contributed by atoms with Crippen molar-refractivity contribution in [1.29, 1.82) is 0 Å². The molecule has 0 aliphatic rings. The molecule has 0 aliphatic carbocycles. The summed E-state index contributed by atoms with van der Waals surface area (Å²) in [5.74, 6) is -0.825. The molecule has 1 aromatic carbocycles. The van der Waals surface area contributed by atoms with Crippen molar-refractivity contribution in [2.45, 2.75) is 26.2 Å². The predicted molar refractivity (Wildman–Crippen MR) is 88.9 cm³/mol. The number of rotatable bonds is 2. The van der Waals surface area contributed by atoms with Crippen LogP contribution in [0.15, 0.2) is 41.3 Å². The van der Waals surface area contributed by atoms with Gasteiger partial charge in [0.25, 0.3) is 11.5 Å². The maximum absolute atomic E-state index is 13.0. The molecule has 0 unspecified atom stereocenters.